The fraction of sp³-hybridized carbons (Fsp3) is 0.833. The molecule has 1 aromatic heterocycles. The van der Waals surface area contributed by atoms with Crippen LogP contribution in [-0.4, -0.2) is 40.7 Å². The van der Waals surface area contributed by atoms with Crippen LogP contribution in [0.15, 0.2) is 4.52 Å². The molecule has 1 N–H and O–H groups in total. The van der Waals surface area contributed by atoms with E-state index in [4.69, 9.17) is 4.52 Å². The summed E-state index contributed by atoms with van der Waals surface area (Å²) < 4.78 is 5.34. The van der Waals surface area contributed by atoms with Gasteiger partial charge < -0.3 is 9.84 Å². The van der Waals surface area contributed by atoms with Crippen LogP contribution < -0.4 is 5.32 Å². The SMILES string of the molecule is CCCN(Cc1nc(C2CC2)no1)C1CNC1. The van der Waals surface area contributed by atoms with Crippen LogP contribution in [0.1, 0.15) is 43.8 Å². The van der Waals surface area contributed by atoms with Gasteiger partial charge in [-0.1, -0.05) is 12.1 Å². The lowest BCUT2D eigenvalue weighted by atomic mass is 10.1. The summed E-state index contributed by atoms with van der Waals surface area (Å²) in [5.41, 5.74) is 0. The van der Waals surface area contributed by atoms with E-state index in [1.54, 1.807) is 0 Å². The number of rotatable bonds is 6. The number of hydrogen-bond acceptors (Lipinski definition) is 5. The van der Waals surface area contributed by atoms with Crippen LogP contribution in [0.5, 0.6) is 0 Å². The standard InChI is InChI=1S/C12H20N4O/c1-2-5-16(10-6-13-7-10)8-11-14-12(15-17-11)9-3-4-9/h9-10,13H,2-8H2,1H3. The summed E-state index contributed by atoms with van der Waals surface area (Å²) in [5, 5.41) is 7.38. The van der Waals surface area contributed by atoms with E-state index < -0.39 is 0 Å². The van der Waals surface area contributed by atoms with Crippen molar-refractivity contribution in [3.8, 4) is 0 Å². The van der Waals surface area contributed by atoms with Crippen molar-refractivity contribution in [2.75, 3.05) is 19.6 Å². The summed E-state index contributed by atoms with van der Waals surface area (Å²) in [6.45, 7) is 6.29. The van der Waals surface area contributed by atoms with Gasteiger partial charge in [-0.3, -0.25) is 4.90 Å². The molecule has 94 valence electrons. The Bertz CT molecular complexity index is 370. The van der Waals surface area contributed by atoms with Gasteiger partial charge in [0.25, 0.3) is 0 Å². The van der Waals surface area contributed by atoms with Crippen molar-refractivity contribution in [3.63, 3.8) is 0 Å². The third-order valence-corrected chi connectivity index (χ3v) is 3.55. The van der Waals surface area contributed by atoms with E-state index >= 15 is 0 Å². The molecule has 0 radical (unpaired) electrons. The Hall–Kier alpha value is -0.940. The molecule has 2 aliphatic rings. The first kappa shape index (κ1) is 11.2. The average molecular weight is 236 g/mol. The third kappa shape index (κ3) is 2.50. The molecule has 0 spiro atoms. The summed E-state index contributed by atoms with van der Waals surface area (Å²) >= 11 is 0. The van der Waals surface area contributed by atoms with Crippen LogP contribution in [0.25, 0.3) is 0 Å². The first-order valence-electron chi connectivity index (χ1n) is 6.64. The van der Waals surface area contributed by atoms with E-state index in [0.29, 0.717) is 12.0 Å². The molecule has 2 heterocycles. The zero-order valence-electron chi connectivity index (χ0n) is 10.4. The lowest BCUT2D eigenvalue weighted by Crippen LogP contribution is -2.57. The van der Waals surface area contributed by atoms with E-state index in [1.165, 1.54) is 19.3 Å². The lowest BCUT2D eigenvalue weighted by Gasteiger charge is -2.37. The van der Waals surface area contributed by atoms with Gasteiger partial charge in [-0.05, 0) is 25.8 Å². The summed E-state index contributed by atoms with van der Waals surface area (Å²) in [7, 11) is 0. The lowest BCUT2D eigenvalue weighted by molar-refractivity contribution is 0.122. The van der Waals surface area contributed by atoms with Crippen LogP contribution in [0.2, 0.25) is 0 Å². The van der Waals surface area contributed by atoms with Gasteiger partial charge >= 0.3 is 0 Å². The molecule has 5 heteroatoms. The number of nitrogens with one attached hydrogen (secondary N) is 1. The highest BCUT2D eigenvalue weighted by atomic mass is 16.5. The Kier molecular flexibility index (Phi) is 3.11. The Morgan fingerprint density at radius 1 is 1.41 bits per heavy atom. The molecule has 5 nitrogen and oxygen atoms in total. The van der Waals surface area contributed by atoms with Crippen LogP contribution in [-0.2, 0) is 6.54 Å². The summed E-state index contributed by atoms with van der Waals surface area (Å²) in [6.07, 6.45) is 3.62. The predicted octanol–water partition coefficient (Wildman–Crippen LogP) is 1.13. The fourth-order valence-electron chi connectivity index (χ4n) is 2.22. The normalized spacial score (nSPS) is 20.8. The van der Waals surface area contributed by atoms with Crippen molar-refractivity contribution in [1.29, 1.82) is 0 Å². The number of hydrogen-bond donors (Lipinski definition) is 1. The smallest absolute Gasteiger partial charge is 0.240 e. The van der Waals surface area contributed by atoms with Crippen LogP contribution in [0.4, 0.5) is 0 Å². The molecule has 1 saturated carbocycles. The van der Waals surface area contributed by atoms with Crippen molar-refractivity contribution in [1.82, 2.24) is 20.4 Å². The highest BCUT2D eigenvalue weighted by Crippen LogP contribution is 2.38. The van der Waals surface area contributed by atoms with E-state index in [-0.39, 0.29) is 0 Å². The van der Waals surface area contributed by atoms with E-state index in [2.05, 4.69) is 27.3 Å². The van der Waals surface area contributed by atoms with Crippen molar-refractivity contribution in [2.24, 2.45) is 0 Å². The highest BCUT2D eigenvalue weighted by molar-refractivity contribution is 5.03. The molecule has 17 heavy (non-hydrogen) atoms. The van der Waals surface area contributed by atoms with Crippen molar-refractivity contribution < 1.29 is 4.52 Å². The Labute approximate surface area is 102 Å². The van der Waals surface area contributed by atoms with Gasteiger partial charge in [-0.2, -0.15) is 4.98 Å². The van der Waals surface area contributed by atoms with Crippen LogP contribution in [0.3, 0.4) is 0 Å². The molecule has 1 aliphatic carbocycles. The molecule has 0 aromatic carbocycles. The summed E-state index contributed by atoms with van der Waals surface area (Å²) in [6, 6.07) is 0.645. The molecule has 0 atom stereocenters. The zero-order valence-corrected chi connectivity index (χ0v) is 10.4. The van der Waals surface area contributed by atoms with Crippen LogP contribution in [0, 0.1) is 0 Å². The minimum atomic E-state index is 0.581. The molecule has 0 unspecified atom stereocenters. The maximum Gasteiger partial charge on any atom is 0.240 e. The monoisotopic (exact) mass is 236 g/mol. The van der Waals surface area contributed by atoms with Crippen molar-refractivity contribution in [3.05, 3.63) is 11.7 Å². The molecule has 1 aromatic rings. The summed E-state index contributed by atoms with van der Waals surface area (Å²) in [5.74, 6) is 2.29. The summed E-state index contributed by atoms with van der Waals surface area (Å²) in [4.78, 5) is 6.94. The minimum absolute atomic E-state index is 0.581. The molecule has 1 aliphatic heterocycles. The molecular formula is C12H20N4O. The molecule has 0 bridgehead atoms. The van der Waals surface area contributed by atoms with Gasteiger partial charge in [0.1, 0.15) is 0 Å². The largest absolute Gasteiger partial charge is 0.338 e. The highest BCUT2D eigenvalue weighted by Gasteiger charge is 2.30. The van der Waals surface area contributed by atoms with E-state index in [9.17, 15) is 0 Å². The van der Waals surface area contributed by atoms with Gasteiger partial charge in [0.05, 0.1) is 6.54 Å². The fourth-order valence-corrected chi connectivity index (χ4v) is 2.22. The third-order valence-electron chi connectivity index (χ3n) is 3.55. The van der Waals surface area contributed by atoms with Crippen molar-refractivity contribution >= 4 is 0 Å². The zero-order chi connectivity index (χ0) is 11.7. The molecule has 0 amide bonds. The first-order valence-corrected chi connectivity index (χ1v) is 6.64. The molecule has 1 saturated heterocycles. The first-order chi connectivity index (χ1) is 8.36. The van der Waals surface area contributed by atoms with Gasteiger partial charge in [-0.15, -0.1) is 0 Å². The van der Waals surface area contributed by atoms with E-state index in [0.717, 1.165) is 37.9 Å². The maximum atomic E-state index is 5.34. The second kappa shape index (κ2) is 4.74. The average Bonchev–Trinajstić information content (AvgIpc) is 2.98. The Balaban J connectivity index is 1.61. The van der Waals surface area contributed by atoms with Gasteiger partial charge in [0.2, 0.25) is 5.89 Å². The maximum absolute atomic E-state index is 5.34. The second-order valence-corrected chi connectivity index (χ2v) is 5.10. The topological polar surface area (TPSA) is 54.2 Å². The Morgan fingerprint density at radius 3 is 2.82 bits per heavy atom. The molecule has 2 fully saturated rings. The van der Waals surface area contributed by atoms with Gasteiger partial charge in [0, 0.05) is 25.0 Å². The Morgan fingerprint density at radius 2 is 2.24 bits per heavy atom. The van der Waals surface area contributed by atoms with Crippen LogP contribution >= 0.6 is 0 Å². The van der Waals surface area contributed by atoms with Gasteiger partial charge in [-0.25, -0.2) is 0 Å². The quantitative estimate of drug-likeness (QED) is 0.802. The molecular weight excluding hydrogens is 216 g/mol. The predicted molar refractivity (Wildman–Crippen MR) is 63.6 cm³/mol. The van der Waals surface area contributed by atoms with E-state index in [1.807, 2.05) is 0 Å². The minimum Gasteiger partial charge on any atom is -0.338 e. The van der Waals surface area contributed by atoms with Crippen molar-refractivity contribution in [2.45, 2.75) is 44.7 Å². The number of nitrogens with zero attached hydrogens (tertiary/aromatic N) is 3. The van der Waals surface area contributed by atoms with Gasteiger partial charge in [0.15, 0.2) is 5.82 Å². The number of aromatic nitrogens is 2. The molecule has 3 rings (SSSR count). The second-order valence-electron chi connectivity index (χ2n) is 5.10.